The van der Waals surface area contributed by atoms with Crippen LogP contribution in [0.1, 0.15) is 42.7 Å². The van der Waals surface area contributed by atoms with Crippen molar-refractivity contribution in [3.8, 4) is 0 Å². The second-order valence-corrected chi connectivity index (χ2v) is 5.76. The van der Waals surface area contributed by atoms with Gasteiger partial charge in [0.05, 0.1) is 0 Å². The summed E-state index contributed by atoms with van der Waals surface area (Å²) < 4.78 is 0. The third-order valence-electron chi connectivity index (χ3n) is 4.07. The van der Waals surface area contributed by atoms with Crippen LogP contribution in [0.3, 0.4) is 0 Å². The van der Waals surface area contributed by atoms with Crippen LogP contribution < -0.4 is 0 Å². The van der Waals surface area contributed by atoms with Gasteiger partial charge in [-0.2, -0.15) is 0 Å². The summed E-state index contributed by atoms with van der Waals surface area (Å²) in [6, 6.07) is 9.04. The first-order chi connectivity index (χ1) is 6.83. The molecular formula is C13H15Br. The molecular weight excluding hydrogens is 236 g/mol. The zero-order valence-corrected chi connectivity index (χ0v) is 10.00. The maximum Gasteiger partial charge on any atom is 0.0223 e. The number of hydrogen-bond donors (Lipinski definition) is 0. The minimum atomic E-state index is 0.729. The van der Waals surface area contributed by atoms with Gasteiger partial charge >= 0.3 is 0 Å². The number of fused-ring (bicyclic) bond motifs is 5. The van der Waals surface area contributed by atoms with Crippen molar-refractivity contribution in [2.45, 2.75) is 36.4 Å². The van der Waals surface area contributed by atoms with Gasteiger partial charge in [-0.25, -0.2) is 0 Å². The van der Waals surface area contributed by atoms with Crippen molar-refractivity contribution < 1.29 is 0 Å². The highest BCUT2D eigenvalue weighted by molar-refractivity contribution is 9.09. The molecule has 4 atom stereocenters. The Bertz CT molecular complexity index is 358. The third kappa shape index (κ3) is 0.995. The maximum absolute atomic E-state index is 3.85. The Morgan fingerprint density at radius 1 is 1.29 bits per heavy atom. The van der Waals surface area contributed by atoms with Crippen LogP contribution in [0.5, 0.6) is 0 Å². The number of rotatable bonds is 1. The minimum Gasteiger partial charge on any atom is -0.0884 e. The van der Waals surface area contributed by atoms with Crippen LogP contribution in [0.4, 0.5) is 0 Å². The highest BCUT2D eigenvalue weighted by Gasteiger charge is 2.49. The smallest absolute Gasteiger partial charge is 0.0223 e. The topological polar surface area (TPSA) is 0 Å². The largest absolute Gasteiger partial charge is 0.0884 e. The van der Waals surface area contributed by atoms with Gasteiger partial charge in [-0.1, -0.05) is 53.5 Å². The molecule has 1 heteroatoms. The molecule has 0 aliphatic heterocycles. The molecule has 74 valence electrons. The lowest BCUT2D eigenvalue weighted by Gasteiger charge is -2.19. The van der Waals surface area contributed by atoms with Gasteiger partial charge < -0.3 is 0 Å². The monoisotopic (exact) mass is 250 g/mol. The van der Waals surface area contributed by atoms with Gasteiger partial charge in [0.1, 0.15) is 0 Å². The fraction of sp³-hybridized carbons (Fsp3) is 0.538. The Kier molecular flexibility index (Phi) is 1.98. The van der Waals surface area contributed by atoms with E-state index in [1.165, 1.54) is 12.8 Å². The predicted octanol–water partition coefficient (Wildman–Crippen LogP) is 4.06. The first-order valence-electron chi connectivity index (χ1n) is 5.55. The van der Waals surface area contributed by atoms with E-state index in [9.17, 15) is 0 Å². The van der Waals surface area contributed by atoms with Gasteiger partial charge in [-0.3, -0.25) is 0 Å². The molecule has 0 radical (unpaired) electrons. The van der Waals surface area contributed by atoms with Crippen LogP contribution in [0, 0.1) is 5.92 Å². The normalized spacial score (nSPS) is 38.7. The second kappa shape index (κ2) is 3.10. The highest BCUT2D eigenvalue weighted by Crippen LogP contribution is 2.60. The van der Waals surface area contributed by atoms with Crippen molar-refractivity contribution in [2.75, 3.05) is 0 Å². The van der Waals surface area contributed by atoms with E-state index in [1.807, 2.05) is 0 Å². The molecule has 0 amide bonds. The lowest BCUT2D eigenvalue weighted by Crippen LogP contribution is -2.10. The third-order valence-corrected chi connectivity index (χ3v) is 5.02. The standard InChI is InChI=1S/C13H15Br/c1-2-8-11-7-12(14)13(8)10-6-4-3-5-9(10)11/h3-6,8,11-13H,2,7H2,1H3. The summed E-state index contributed by atoms with van der Waals surface area (Å²) in [6.45, 7) is 2.33. The lowest BCUT2D eigenvalue weighted by atomic mass is 9.92. The molecule has 2 aliphatic carbocycles. The van der Waals surface area contributed by atoms with Gasteiger partial charge in [-0.05, 0) is 29.4 Å². The first-order valence-corrected chi connectivity index (χ1v) is 6.47. The average molecular weight is 251 g/mol. The summed E-state index contributed by atoms with van der Waals surface area (Å²) in [5.41, 5.74) is 3.26. The summed E-state index contributed by atoms with van der Waals surface area (Å²) in [5.74, 6) is 2.53. The molecule has 1 aromatic rings. The zero-order chi connectivity index (χ0) is 9.71. The number of alkyl halides is 1. The van der Waals surface area contributed by atoms with Crippen molar-refractivity contribution in [1.82, 2.24) is 0 Å². The van der Waals surface area contributed by atoms with Crippen LogP contribution >= 0.6 is 15.9 Å². The average Bonchev–Trinajstić information content (AvgIpc) is 2.69. The van der Waals surface area contributed by atoms with Crippen molar-refractivity contribution in [3.05, 3.63) is 35.4 Å². The van der Waals surface area contributed by atoms with Crippen LogP contribution in [0.2, 0.25) is 0 Å². The number of hydrogen-bond acceptors (Lipinski definition) is 0. The predicted molar refractivity (Wildman–Crippen MR) is 63.0 cm³/mol. The summed E-state index contributed by atoms with van der Waals surface area (Å²) in [6.07, 6.45) is 2.67. The number of halogens is 1. The van der Waals surface area contributed by atoms with Crippen molar-refractivity contribution in [3.63, 3.8) is 0 Å². The van der Waals surface area contributed by atoms with Gasteiger partial charge in [0, 0.05) is 10.7 Å². The first kappa shape index (κ1) is 8.96. The van der Waals surface area contributed by atoms with E-state index >= 15 is 0 Å². The molecule has 0 aromatic heterocycles. The Labute approximate surface area is 93.8 Å². The van der Waals surface area contributed by atoms with Gasteiger partial charge in [-0.15, -0.1) is 0 Å². The van der Waals surface area contributed by atoms with Gasteiger partial charge in [0.25, 0.3) is 0 Å². The SMILES string of the molecule is CCC1C2CC(Br)C1c1ccccc12. The molecule has 4 unspecified atom stereocenters. The second-order valence-electron chi connectivity index (χ2n) is 4.58. The maximum atomic E-state index is 3.85. The van der Waals surface area contributed by atoms with Crippen LogP contribution in [-0.4, -0.2) is 4.83 Å². The molecule has 2 bridgehead atoms. The minimum absolute atomic E-state index is 0.729. The Morgan fingerprint density at radius 3 is 2.71 bits per heavy atom. The van der Waals surface area contributed by atoms with E-state index in [0.29, 0.717) is 0 Å². The van der Waals surface area contributed by atoms with Crippen LogP contribution in [-0.2, 0) is 0 Å². The molecule has 0 saturated heterocycles. The van der Waals surface area contributed by atoms with E-state index in [2.05, 4.69) is 47.1 Å². The Morgan fingerprint density at radius 2 is 2.00 bits per heavy atom. The fourth-order valence-corrected chi connectivity index (χ4v) is 4.64. The Balaban J connectivity index is 2.12. The molecule has 0 spiro atoms. The van der Waals surface area contributed by atoms with Crippen molar-refractivity contribution in [2.24, 2.45) is 5.92 Å². The molecule has 14 heavy (non-hydrogen) atoms. The van der Waals surface area contributed by atoms with Crippen molar-refractivity contribution in [1.29, 1.82) is 0 Å². The Hall–Kier alpha value is -0.300. The number of benzene rings is 1. The quantitative estimate of drug-likeness (QED) is 0.660. The van der Waals surface area contributed by atoms with E-state index in [-0.39, 0.29) is 0 Å². The summed E-state index contributed by atoms with van der Waals surface area (Å²) in [4.78, 5) is 0.729. The molecule has 1 saturated carbocycles. The van der Waals surface area contributed by atoms with E-state index < -0.39 is 0 Å². The highest BCUT2D eigenvalue weighted by atomic mass is 79.9. The summed E-state index contributed by atoms with van der Waals surface area (Å²) >= 11 is 3.85. The van der Waals surface area contributed by atoms with Crippen LogP contribution in [0.15, 0.2) is 24.3 Å². The summed E-state index contributed by atoms with van der Waals surface area (Å²) in [5, 5.41) is 0. The van der Waals surface area contributed by atoms with E-state index in [0.717, 1.165) is 22.6 Å². The van der Waals surface area contributed by atoms with E-state index in [1.54, 1.807) is 11.1 Å². The lowest BCUT2D eigenvalue weighted by molar-refractivity contribution is 0.467. The van der Waals surface area contributed by atoms with Crippen LogP contribution in [0.25, 0.3) is 0 Å². The molecule has 0 nitrogen and oxygen atoms in total. The molecule has 1 fully saturated rings. The van der Waals surface area contributed by atoms with Gasteiger partial charge in [0.2, 0.25) is 0 Å². The fourth-order valence-electron chi connectivity index (χ4n) is 3.56. The zero-order valence-electron chi connectivity index (χ0n) is 8.41. The molecule has 2 aliphatic rings. The van der Waals surface area contributed by atoms with E-state index in [4.69, 9.17) is 0 Å². The molecule has 3 rings (SSSR count). The molecule has 1 aromatic carbocycles. The molecule has 0 heterocycles. The molecule has 0 N–H and O–H groups in total. The van der Waals surface area contributed by atoms with Gasteiger partial charge in [0.15, 0.2) is 0 Å². The van der Waals surface area contributed by atoms with Crippen molar-refractivity contribution >= 4 is 15.9 Å². The summed E-state index contributed by atoms with van der Waals surface area (Å²) in [7, 11) is 0.